The average molecular weight is 319 g/mol. The molecule has 1 atom stereocenters. The fourth-order valence-electron chi connectivity index (χ4n) is 3.34. The summed E-state index contributed by atoms with van der Waals surface area (Å²) in [5.74, 6) is 0. The minimum Gasteiger partial charge on any atom is -0.393 e. The smallest absolute Gasteiger partial charge is 0.0524 e. The molecule has 0 saturated carbocycles. The van der Waals surface area contributed by atoms with E-state index in [2.05, 4.69) is 60.1 Å². The fourth-order valence-corrected chi connectivity index (χ4v) is 3.34. The van der Waals surface area contributed by atoms with Crippen LogP contribution < -0.4 is 4.90 Å². The highest BCUT2D eigenvalue weighted by molar-refractivity contribution is 5.54. The maximum Gasteiger partial charge on any atom is 0.0524 e. The number of nitrogens with zero attached hydrogens (tertiary/aromatic N) is 3. The van der Waals surface area contributed by atoms with Gasteiger partial charge in [0.15, 0.2) is 0 Å². The summed E-state index contributed by atoms with van der Waals surface area (Å²) in [6.07, 6.45) is 3.07. The van der Waals surface area contributed by atoms with Gasteiger partial charge in [-0.15, -0.1) is 0 Å². The highest BCUT2D eigenvalue weighted by Crippen LogP contribution is 2.26. The monoisotopic (exact) mass is 319 g/mol. The lowest BCUT2D eigenvalue weighted by Gasteiger charge is -2.37. The Morgan fingerprint density at radius 3 is 2.52 bits per heavy atom. The van der Waals surface area contributed by atoms with Crippen molar-refractivity contribution in [2.75, 3.05) is 45.7 Å². The summed E-state index contributed by atoms with van der Waals surface area (Å²) in [6.45, 7) is 6.08. The largest absolute Gasteiger partial charge is 0.393 e. The first-order valence-electron chi connectivity index (χ1n) is 8.83. The van der Waals surface area contributed by atoms with E-state index in [9.17, 15) is 5.11 Å². The predicted octanol–water partition coefficient (Wildman–Crippen LogP) is 2.42. The van der Waals surface area contributed by atoms with Crippen molar-refractivity contribution >= 4 is 5.69 Å². The van der Waals surface area contributed by atoms with Crippen molar-refractivity contribution in [1.82, 2.24) is 9.80 Å². The molecule has 1 unspecified atom stereocenters. The molecule has 0 spiro atoms. The molecular weight excluding hydrogens is 286 g/mol. The molecule has 4 heteroatoms. The minimum absolute atomic E-state index is 0.227. The standard InChI is InChI=1S/C19H33N3O/c1-16(23)9-12-21(3)15-17-7-5-6-8-19(17)22(4)18-10-13-20(2)14-11-18/h5-8,16,18,23H,9-15H2,1-4H3. The zero-order chi connectivity index (χ0) is 16.8. The summed E-state index contributed by atoms with van der Waals surface area (Å²) in [7, 11) is 6.58. The Balaban J connectivity index is 2.01. The Labute approximate surface area is 141 Å². The molecule has 1 aliphatic rings. The molecule has 0 aliphatic carbocycles. The van der Waals surface area contributed by atoms with E-state index in [4.69, 9.17) is 0 Å². The third-order valence-electron chi connectivity index (χ3n) is 4.98. The van der Waals surface area contributed by atoms with Gasteiger partial charge in [-0.3, -0.25) is 0 Å². The number of hydrogen-bond acceptors (Lipinski definition) is 4. The van der Waals surface area contributed by atoms with Gasteiger partial charge in [0, 0.05) is 31.9 Å². The molecular formula is C19H33N3O. The maximum absolute atomic E-state index is 9.46. The third kappa shape index (κ3) is 5.48. The van der Waals surface area contributed by atoms with Gasteiger partial charge >= 0.3 is 0 Å². The van der Waals surface area contributed by atoms with Crippen molar-refractivity contribution in [1.29, 1.82) is 0 Å². The lowest BCUT2D eigenvalue weighted by molar-refractivity contribution is 0.163. The zero-order valence-corrected chi connectivity index (χ0v) is 15.2. The number of likely N-dealkylation sites (tertiary alicyclic amines) is 1. The molecule has 2 rings (SSSR count). The number of benzene rings is 1. The van der Waals surface area contributed by atoms with Crippen LogP contribution in [0.3, 0.4) is 0 Å². The van der Waals surface area contributed by atoms with Gasteiger partial charge in [-0.25, -0.2) is 0 Å². The van der Waals surface area contributed by atoms with Crippen LogP contribution in [-0.2, 0) is 6.54 Å². The summed E-state index contributed by atoms with van der Waals surface area (Å²) in [4.78, 5) is 7.19. The van der Waals surface area contributed by atoms with E-state index in [0.29, 0.717) is 6.04 Å². The van der Waals surface area contributed by atoms with Crippen LogP contribution in [0.25, 0.3) is 0 Å². The van der Waals surface area contributed by atoms with Crippen LogP contribution in [0.2, 0.25) is 0 Å². The Bertz CT molecular complexity index is 469. The van der Waals surface area contributed by atoms with E-state index < -0.39 is 0 Å². The second-order valence-electron chi connectivity index (χ2n) is 7.15. The second-order valence-corrected chi connectivity index (χ2v) is 7.15. The summed E-state index contributed by atoms with van der Waals surface area (Å²) >= 11 is 0. The first-order chi connectivity index (χ1) is 11.0. The molecule has 1 aliphatic heterocycles. The van der Waals surface area contributed by atoms with Gasteiger partial charge in [0.2, 0.25) is 0 Å². The highest BCUT2D eigenvalue weighted by Gasteiger charge is 2.22. The van der Waals surface area contributed by atoms with Crippen molar-refractivity contribution in [3.05, 3.63) is 29.8 Å². The molecule has 0 radical (unpaired) electrons. The molecule has 1 heterocycles. The van der Waals surface area contributed by atoms with Gasteiger partial charge in [-0.1, -0.05) is 18.2 Å². The topological polar surface area (TPSA) is 30.0 Å². The second kappa shape index (κ2) is 8.67. The Morgan fingerprint density at radius 1 is 1.22 bits per heavy atom. The number of aliphatic hydroxyl groups is 1. The summed E-state index contributed by atoms with van der Waals surface area (Å²) < 4.78 is 0. The van der Waals surface area contributed by atoms with Crippen LogP contribution in [0.15, 0.2) is 24.3 Å². The zero-order valence-electron chi connectivity index (χ0n) is 15.2. The number of piperidine rings is 1. The van der Waals surface area contributed by atoms with Crippen LogP contribution in [0, 0.1) is 0 Å². The average Bonchev–Trinajstić information content (AvgIpc) is 2.53. The number of hydrogen-bond donors (Lipinski definition) is 1. The molecule has 0 amide bonds. The molecule has 23 heavy (non-hydrogen) atoms. The SMILES string of the molecule is CC(O)CCN(C)Cc1ccccc1N(C)C1CCN(C)CC1. The first-order valence-corrected chi connectivity index (χ1v) is 8.83. The Morgan fingerprint density at radius 2 is 1.87 bits per heavy atom. The van der Waals surface area contributed by atoms with Crippen molar-refractivity contribution in [3.8, 4) is 0 Å². The quantitative estimate of drug-likeness (QED) is 0.836. The molecule has 0 aromatic heterocycles. The lowest BCUT2D eigenvalue weighted by atomic mass is 10.0. The number of aliphatic hydroxyl groups excluding tert-OH is 1. The fraction of sp³-hybridized carbons (Fsp3) is 0.684. The Kier molecular flexibility index (Phi) is 6.88. The van der Waals surface area contributed by atoms with Crippen molar-refractivity contribution in [2.24, 2.45) is 0 Å². The van der Waals surface area contributed by atoms with Crippen molar-refractivity contribution < 1.29 is 5.11 Å². The van der Waals surface area contributed by atoms with Gasteiger partial charge in [0.1, 0.15) is 0 Å². The van der Waals surface area contributed by atoms with Crippen LogP contribution in [0.1, 0.15) is 31.7 Å². The van der Waals surface area contributed by atoms with Gasteiger partial charge < -0.3 is 19.8 Å². The maximum atomic E-state index is 9.46. The molecule has 1 saturated heterocycles. The molecule has 4 nitrogen and oxygen atoms in total. The number of anilines is 1. The van der Waals surface area contributed by atoms with Crippen LogP contribution in [0.4, 0.5) is 5.69 Å². The number of para-hydroxylation sites is 1. The van der Waals surface area contributed by atoms with Gasteiger partial charge in [-0.2, -0.15) is 0 Å². The van der Waals surface area contributed by atoms with E-state index >= 15 is 0 Å². The highest BCUT2D eigenvalue weighted by atomic mass is 16.3. The molecule has 130 valence electrons. The van der Waals surface area contributed by atoms with Gasteiger partial charge in [0.25, 0.3) is 0 Å². The summed E-state index contributed by atoms with van der Waals surface area (Å²) in [5.41, 5.74) is 2.73. The summed E-state index contributed by atoms with van der Waals surface area (Å²) in [5, 5.41) is 9.46. The molecule has 1 aromatic rings. The molecule has 0 bridgehead atoms. The molecule has 1 N–H and O–H groups in total. The third-order valence-corrected chi connectivity index (χ3v) is 4.98. The van der Waals surface area contributed by atoms with Crippen LogP contribution in [-0.4, -0.2) is 67.8 Å². The minimum atomic E-state index is -0.227. The first kappa shape index (κ1) is 18.2. The number of rotatable bonds is 7. The normalized spacial score (nSPS) is 18.3. The summed E-state index contributed by atoms with van der Waals surface area (Å²) in [6, 6.07) is 9.38. The van der Waals surface area contributed by atoms with Crippen molar-refractivity contribution in [2.45, 2.75) is 44.9 Å². The van der Waals surface area contributed by atoms with Crippen LogP contribution >= 0.6 is 0 Å². The van der Waals surface area contributed by atoms with Gasteiger partial charge in [0.05, 0.1) is 6.10 Å². The predicted molar refractivity (Wildman–Crippen MR) is 98.0 cm³/mol. The van der Waals surface area contributed by atoms with E-state index in [1.54, 1.807) is 0 Å². The lowest BCUT2D eigenvalue weighted by Crippen LogP contribution is -2.42. The van der Waals surface area contributed by atoms with E-state index in [-0.39, 0.29) is 6.10 Å². The van der Waals surface area contributed by atoms with Gasteiger partial charge in [-0.05, 0) is 65.0 Å². The molecule has 1 aromatic carbocycles. The van der Waals surface area contributed by atoms with Crippen LogP contribution in [0.5, 0.6) is 0 Å². The van der Waals surface area contributed by atoms with E-state index in [1.807, 2.05) is 6.92 Å². The Hall–Kier alpha value is -1.10. The van der Waals surface area contributed by atoms with E-state index in [1.165, 1.54) is 37.2 Å². The van der Waals surface area contributed by atoms with E-state index in [0.717, 1.165) is 19.5 Å². The van der Waals surface area contributed by atoms with Crippen molar-refractivity contribution in [3.63, 3.8) is 0 Å². The molecule has 1 fully saturated rings.